The highest BCUT2D eigenvalue weighted by Crippen LogP contribution is 2.30. The van der Waals surface area contributed by atoms with Crippen LogP contribution in [0.5, 0.6) is 0 Å². The van der Waals surface area contributed by atoms with Crippen LogP contribution >= 0.6 is 0 Å². The SMILES string of the molecule is N#Cc1cccnc1Nc1ccccc1-c1ccccc1. The Labute approximate surface area is 123 Å². The second-order valence-corrected chi connectivity index (χ2v) is 4.55. The summed E-state index contributed by atoms with van der Waals surface area (Å²) in [6.45, 7) is 0. The van der Waals surface area contributed by atoms with Gasteiger partial charge in [0.05, 0.1) is 5.56 Å². The van der Waals surface area contributed by atoms with Crippen molar-refractivity contribution in [2.45, 2.75) is 0 Å². The van der Waals surface area contributed by atoms with Gasteiger partial charge in [-0.15, -0.1) is 0 Å². The first-order chi connectivity index (χ1) is 10.4. The zero-order valence-electron chi connectivity index (χ0n) is 11.3. The molecule has 1 heterocycles. The van der Waals surface area contributed by atoms with Gasteiger partial charge in [-0.05, 0) is 23.8 Å². The van der Waals surface area contributed by atoms with Gasteiger partial charge in [-0.2, -0.15) is 5.26 Å². The highest BCUT2D eigenvalue weighted by molar-refractivity contribution is 5.81. The minimum absolute atomic E-state index is 0.528. The fourth-order valence-corrected chi connectivity index (χ4v) is 2.18. The Morgan fingerprint density at radius 3 is 2.43 bits per heavy atom. The third-order valence-electron chi connectivity index (χ3n) is 3.19. The number of hydrogen-bond donors (Lipinski definition) is 1. The highest BCUT2D eigenvalue weighted by atomic mass is 15.0. The maximum absolute atomic E-state index is 9.15. The molecule has 3 heteroatoms. The Morgan fingerprint density at radius 1 is 0.857 bits per heavy atom. The van der Waals surface area contributed by atoms with E-state index in [4.69, 9.17) is 5.26 Å². The molecule has 0 aliphatic carbocycles. The molecule has 3 nitrogen and oxygen atoms in total. The molecule has 0 spiro atoms. The molecule has 0 radical (unpaired) electrons. The summed E-state index contributed by atoms with van der Waals surface area (Å²) in [5.74, 6) is 0.573. The average Bonchev–Trinajstić information content (AvgIpc) is 2.57. The normalized spacial score (nSPS) is 9.86. The minimum Gasteiger partial charge on any atom is -0.339 e. The van der Waals surface area contributed by atoms with Crippen LogP contribution in [0.15, 0.2) is 72.9 Å². The van der Waals surface area contributed by atoms with Crippen LogP contribution < -0.4 is 5.32 Å². The van der Waals surface area contributed by atoms with Crippen LogP contribution in [-0.2, 0) is 0 Å². The molecule has 0 saturated heterocycles. The van der Waals surface area contributed by atoms with Crippen molar-refractivity contribution in [2.24, 2.45) is 0 Å². The van der Waals surface area contributed by atoms with E-state index in [9.17, 15) is 0 Å². The Morgan fingerprint density at radius 2 is 1.62 bits per heavy atom. The number of nitrogens with zero attached hydrogens (tertiary/aromatic N) is 2. The van der Waals surface area contributed by atoms with E-state index < -0.39 is 0 Å². The van der Waals surface area contributed by atoms with Crippen molar-refractivity contribution in [2.75, 3.05) is 5.32 Å². The number of hydrogen-bond acceptors (Lipinski definition) is 3. The number of rotatable bonds is 3. The topological polar surface area (TPSA) is 48.7 Å². The number of para-hydroxylation sites is 1. The van der Waals surface area contributed by atoms with Gasteiger partial charge in [-0.3, -0.25) is 0 Å². The van der Waals surface area contributed by atoms with E-state index >= 15 is 0 Å². The van der Waals surface area contributed by atoms with Gasteiger partial charge in [-0.1, -0.05) is 48.5 Å². The summed E-state index contributed by atoms with van der Waals surface area (Å²) in [7, 11) is 0. The summed E-state index contributed by atoms with van der Waals surface area (Å²) in [6.07, 6.45) is 1.67. The summed E-state index contributed by atoms with van der Waals surface area (Å²) >= 11 is 0. The number of pyridine rings is 1. The van der Waals surface area contributed by atoms with Crippen LogP contribution in [0.1, 0.15) is 5.56 Å². The lowest BCUT2D eigenvalue weighted by Gasteiger charge is -2.12. The van der Waals surface area contributed by atoms with Crippen LogP contribution in [0, 0.1) is 11.3 Å². The molecule has 3 aromatic rings. The lowest BCUT2D eigenvalue weighted by Crippen LogP contribution is -1.98. The van der Waals surface area contributed by atoms with Crippen molar-refractivity contribution in [1.29, 1.82) is 5.26 Å². The molecule has 0 bridgehead atoms. The van der Waals surface area contributed by atoms with E-state index in [0.29, 0.717) is 11.4 Å². The summed E-state index contributed by atoms with van der Waals surface area (Å²) < 4.78 is 0. The predicted molar refractivity (Wildman–Crippen MR) is 84.1 cm³/mol. The van der Waals surface area contributed by atoms with Crippen molar-refractivity contribution in [3.8, 4) is 17.2 Å². The molecule has 100 valence electrons. The predicted octanol–water partition coefficient (Wildman–Crippen LogP) is 4.36. The van der Waals surface area contributed by atoms with Crippen molar-refractivity contribution in [1.82, 2.24) is 4.98 Å². The van der Waals surface area contributed by atoms with Gasteiger partial charge in [0.2, 0.25) is 0 Å². The highest BCUT2D eigenvalue weighted by Gasteiger charge is 2.07. The smallest absolute Gasteiger partial charge is 0.148 e. The van der Waals surface area contributed by atoms with E-state index in [-0.39, 0.29) is 0 Å². The van der Waals surface area contributed by atoms with Crippen molar-refractivity contribution < 1.29 is 0 Å². The molecule has 1 aromatic heterocycles. The van der Waals surface area contributed by atoms with E-state index in [1.807, 2.05) is 42.5 Å². The fourth-order valence-electron chi connectivity index (χ4n) is 2.18. The number of aromatic nitrogens is 1. The lowest BCUT2D eigenvalue weighted by molar-refractivity contribution is 1.28. The molecule has 0 unspecified atom stereocenters. The van der Waals surface area contributed by atoms with Crippen molar-refractivity contribution in [3.63, 3.8) is 0 Å². The molecular formula is C18H13N3. The maximum atomic E-state index is 9.15. The maximum Gasteiger partial charge on any atom is 0.148 e. The second kappa shape index (κ2) is 5.89. The molecule has 0 aliphatic heterocycles. The van der Waals surface area contributed by atoms with Gasteiger partial charge >= 0.3 is 0 Å². The van der Waals surface area contributed by atoms with Crippen LogP contribution in [0.4, 0.5) is 11.5 Å². The Kier molecular flexibility index (Phi) is 3.62. The van der Waals surface area contributed by atoms with E-state index in [2.05, 4.69) is 28.5 Å². The molecule has 0 aliphatic rings. The molecule has 3 rings (SSSR count). The zero-order chi connectivity index (χ0) is 14.5. The summed E-state index contributed by atoms with van der Waals surface area (Å²) in [6, 6.07) is 23.8. The second-order valence-electron chi connectivity index (χ2n) is 4.55. The Balaban J connectivity index is 2.03. The summed E-state index contributed by atoms with van der Waals surface area (Å²) in [5.41, 5.74) is 3.65. The average molecular weight is 271 g/mol. The third kappa shape index (κ3) is 2.75. The third-order valence-corrected chi connectivity index (χ3v) is 3.19. The molecule has 0 saturated carbocycles. The van der Waals surface area contributed by atoms with Crippen LogP contribution in [-0.4, -0.2) is 4.98 Å². The quantitative estimate of drug-likeness (QED) is 0.769. The summed E-state index contributed by atoms with van der Waals surface area (Å²) in [5, 5.41) is 12.4. The molecule has 0 amide bonds. The largest absolute Gasteiger partial charge is 0.339 e. The van der Waals surface area contributed by atoms with E-state index in [1.54, 1.807) is 18.3 Å². The first-order valence-corrected chi connectivity index (χ1v) is 6.65. The minimum atomic E-state index is 0.528. The molecule has 1 N–H and O–H groups in total. The molecule has 0 fully saturated rings. The van der Waals surface area contributed by atoms with E-state index in [0.717, 1.165) is 16.8 Å². The van der Waals surface area contributed by atoms with Gasteiger partial charge in [-0.25, -0.2) is 4.98 Å². The van der Waals surface area contributed by atoms with Gasteiger partial charge in [0.15, 0.2) is 0 Å². The first kappa shape index (κ1) is 12.9. The molecule has 21 heavy (non-hydrogen) atoms. The Hall–Kier alpha value is -3.12. The zero-order valence-corrected chi connectivity index (χ0v) is 11.3. The van der Waals surface area contributed by atoms with Crippen LogP contribution in [0.2, 0.25) is 0 Å². The van der Waals surface area contributed by atoms with Gasteiger partial charge in [0.25, 0.3) is 0 Å². The molecular weight excluding hydrogens is 258 g/mol. The van der Waals surface area contributed by atoms with Gasteiger partial charge < -0.3 is 5.32 Å². The van der Waals surface area contributed by atoms with Crippen molar-refractivity contribution >= 4 is 11.5 Å². The first-order valence-electron chi connectivity index (χ1n) is 6.65. The van der Waals surface area contributed by atoms with Gasteiger partial charge in [0.1, 0.15) is 11.9 Å². The number of benzene rings is 2. The van der Waals surface area contributed by atoms with E-state index in [1.165, 1.54) is 0 Å². The molecule has 0 atom stereocenters. The monoisotopic (exact) mass is 271 g/mol. The number of nitriles is 1. The number of nitrogens with one attached hydrogen (secondary N) is 1. The number of anilines is 2. The van der Waals surface area contributed by atoms with Crippen LogP contribution in [0.3, 0.4) is 0 Å². The standard InChI is InChI=1S/C18H13N3/c19-13-15-9-6-12-20-18(15)21-17-11-5-4-10-16(17)14-7-2-1-3-8-14/h1-12H,(H,20,21). The fraction of sp³-hybridized carbons (Fsp3) is 0. The Bertz CT molecular complexity index is 789. The lowest BCUT2D eigenvalue weighted by atomic mass is 10.0. The van der Waals surface area contributed by atoms with Gasteiger partial charge in [0, 0.05) is 17.4 Å². The van der Waals surface area contributed by atoms with Crippen LogP contribution in [0.25, 0.3) is 11.1 Å². The molecule has 2 aromatic carbocycles. The van der Waals surface area contributed by atoms with Crippen molar-refractivity contribution in [3.05, 3.63) is 78.5 Å². The summed E-state index contributed by atoms with van der Waals surface area (Å²) in [4.78, 5) is 4.25.